The van der Waals surface area contributed by atoms with Gasteiger partial charge in [0.25, 0.3) is 0 Å². The van der Waals surface area contributed by atoms with Crippen molar-refractivity contribution in [3.8, 4) is 11.1 Å². The molecule has 0 fully saturated rings. The number of carbonyl (C=O) groups excluding carboxylic acids is 2. The van der Waals surface area contributed by atoms with Gasteiger partial charge in [0.1, 0.15) is 17.6 Å². The van der Waals surface area contributed by atoms with Crippen LogP contribution in [-0.2, 0) is 14.3 Å². The maximum atomic E-state index is 12.4. The van der Waals surface area contributed by atoms with E-state index in [1.807, 2.05) is 48.5 Å². The molecule has 1 aliphatic rings. The fourth-order valence-corrected chi connectivity index (χ4v) is 4.02. The number of hydrogen-bond acceptors (Lipinski definition) is 7. The first-order chi connectivity index (χ1) is 15.0. The third kappa shape index (κ3) is 4.53. The quantitative estimate of drug-likeness (QED) is 0.517. The molecule has 2 amide bonds. The van der Waals surface area contributed by atoms with Crippen molar-refractivity contribution in [1.82, 2.24) is 14.9 Å². The summed E-state index contributed by atoms with van der Waals surface area (Å²) in [5.74, 6) is -2.07. The summed E-state index contributed by atoms with van der Waals surface area (Å²) in [6.45, 7) is 0.0556. The molecule has 3 N–H and O–H groups in total. The van der Waals surface area contributed by atoms with E-state index in [2.05, 4.69) is 20.2 Å². The summed E-state index contributed by atoms with van der Waals surface area (Å²) in [6.07, 6.45) is -0.138. The highest BCUT2D eigenvalue weighted by atomic mass is 32.1. The molecule has 0 aliphatic heterocycles. The van der Waals surface area contributed by atoms with E-state index >= 15 is 0 Å². The number of nitrogens with zero attached hydrogens (tertiary/aromatic N) is 2. The number of nitrogens with one attached hydrogen (secondary N) is 2. The zero-order chi connectivity index (χ0) is 21.8. The number of aliphatic carboxylic acids is 1. The number of anilines is 1. The van der Waals surface area contributed by atoms with Crippen LogP contribution in [-0.4, -0.2) is 45.3 Å². The summed E-state index contributed by atoms with van der Waals surface area (Å²) in [6, 6.07) is 14.5. The van der Waals surface area contributed by atoms with Crippen LogP contribution in [0, 0.1) is 0 Å². The van der Waals surface area contributed by atoms with Crippen LogP contribution < -0.4 is 10.6 Å². The Morgan fingerprint density at radius 3 is 2.29 bits per heavy atom. The molecule has 0 saturated carbocycles. The van der Waals surface area contributed by atoms with E-state index in [1.54, 1.807) is 0 Å². The molecular weight excluding hydrogens is 420 g/mol. The lowest BCUT2D eigenvalue weighted by Crippen LogP contribution is -2.45. The molecule has 1 unspecified atom stereocenters. The predicted octanol–water partition coefficient (Wildman–Crippen LogP) is 2.86. The fraction of sp³-hybridized carbons (Fsp3) is 0.190. The summed E-state index contributed by atoms with van der Waals surface area (Å²) >= 11 is 0.936. The summed E-state index contributed by atoms with van der Waals surface area (Å²) < 4.78 is 9.01. The van der Waals surface area contributed by atoms with Crippen molar-refractivity contribution in [2.45, 2.75) is 18.4 Å². The Kier molecular flexibility index (Phi) is 5.89. The zero-order valence-corrected chi connectivity index (χ0v) is 17.0. The van der Waals surface area contributed by atoms with E-state index in [-0.39, 0.29) is 12.5 Å². The van der Waals surface area contributed by atoms with Crippen LogP contribution >= 0.6 is 11.5 Å². The molecular formula is C21H18N4O5S. The van der Waals surface area contributed by atoms with E-state index in [4.69, 9.17) is 9.84 Å². The van der Waals surface area contributed by atoms with Gasteiger partial charge in [0.2, 0.25) is 5.91 Å². The van der Waals surface area contributed by atoms with Gasteiger partial charge >= 0.3 is 12.1 Å². The highest BCUT2D eigenvalue weighted by molar-refractivity contribution is 7.10. The number of alkyl carbamates (subject to hydrolysis) is 1. The molecule has 1 atom stereocenters. The topological polar surface area (TPSA) is 131 Å². The lowest BCUT2D eigenvalue weighted by molar-refractivity contribution is -0.139. The molecule has 4 rings (SSSR count). The number of ether oxygens (including phenoxy) is 1. The second-order valence-corrected chi connectivity index (χ2v) is 7.68. The molecule has 158 valence electrons. The van der Waals surface area contributed by atoms with E-state index < -0.39 is 30.4 Å². The molecule has 3 aromatic rings. The maximum Gasteiger partial charge on any atom is 0.407 e. The number of aromatic nitrogens is 2. The second kappa shape index (κ2) is 8.92. The number of carboxylic acid groups (broad SMARTS) is 1. The summed E-state index contributed by atoms with van der Waals surface area (Å²) in [5, 5.41) is 17.9. The van der Waals surface area contributed by atoms with Crippen LogP contribution in [0.4, 0.5) is 9.80 Å². The van der Waals surface area contributed by atoms with Crippen LogP contribution in [0.15, 0.2) is 54.7 Å². The van der Waals surface area contributed by atoms with Crippen molar-refractivity contribution in [2.75, 3.05) is 11.9 Å². The minimum atomic E-state index is -1.31. The lowest BCUT2D eigenvalue weighted by Gasteiger charge is -2.18. The number of rotatable bonds is 7. The van der Waals surface area contributed by atoms with Crippen molar-refractivity contribution >= 4 is 34.5 Å². The van der Waals surface area contributed by atoms with Gasteiger partial charge in [0.05, 0.1) is 12.6 Å². The molecule has 1 aromatic heterocycles. The minimum absolute atomic E-state index is 0.0556. The van der Waals surface area contributed by atoms with Crippen molar-refractivity contribution in [3.05, 3.63) is 65.9 Å². The molecule has 0 spiro atoms. The van der Waals surface area contributed by atoms with Gasteiger partial charge in [-0.1, -0.05) is 53.0 Å². The number of carbonyl (C=O) groups is 3. The van der Waals surface area contributed by atoms with E-state index in [0.29, 0.717) is 5.00 Å². The smallest absolute Gasteiger partial charge is 0.407 e. The highest BCUT2D eigenvalue weighted by Crippen LogP contribution is 2.44. The van der Waals surface area contributed by atoms with Gasteiger partial charge in [0.15, 0.2) is 0 Å². The van der Waals surface area contributed by atoms with E-state index in [9.17, 15) is 14.4 Å². The van der Waals surface area contributed by atoms with Crippen LogP contribution in [0.2, 0.25) is 0 Å². The van der Waals surface area contributed by atoms with Crippen molar-refractivity contribution in [2.24, 2.45) is 0 Å². The molecule has 0 saturated heterocycles. The Morgan fingerprint density at radius 2 is 1.71 bits per heavy atom. The fourth-order valence-electron chi connectivity index (χ4n) is 3.60. The minimum Gasteiger partial charge on any atom is -0.481 e. The number of carboxylic acids is 1. The first kappa shape index (κ1) is 20.5. The molecule has 0 radical (unpaired) electrons. The third-order valence-electron chi connectivity index (χ3n) is 4.94. The van der Waals surface area contributed by atoms with Crippen molar-refractivity contribution < 1.29 is 24.2 Å². The van der Waals surface area contributed by atoms with Crippen LogP contribution in [0.3, 0.4) is 0 Å². The SMILES string of the molecule is O=C(O)CC(NC(=O)OCC1c2ccccc2-c2ccccc21)C(=O)Nc1cnns1. The standard InChI is InChI=1S/C21H18N4O5S/c26-19(27)9-17(20(28)24-18-10-22-25-31-18)23-21(29)30-11-16-14-7-3-1-5-12(14)13-6-2-4-8-15(13)16/h1-8,10,16-17H,9,11H2,(H,23,29)(H,24,28)(H,26,27). The average molecular weight is 438 g/mol. The Balaban J connectivity index is 1.43. The van der Waals surface area contributed by atoms with E-state index in [0.717, 1.165) is 33.8 Å². The molecule has 1 aliphatic carbocycles. The Hall–Kier alpha value is -3.79. The van der Waals surface area contributed by atoms with Gasteiger partial charge in [0, 0.05) is 17.5 Å². The summed E-state index contributed by atoms with van der Waals surface area (Å²) in [5.41, 5.74) is 4.28. The zero-order valence-electron chi connectivity index (χ0n) is 16.1. The van der Waals surface area contributed by atoms with Gasteiger partial charge in [-0.25, -0.2) is 4.79 Å². The normalized spacial score (nSPS) is 13.0. The van der Waals surface area contributed by atoms with Crippen molar-refractivity contribution in [1.29, 1.82) is 0 Å². The number of fused-ring (bicyclic) bond motifs is 3. The maximum absolute atomic E-state index is 12.4. The Morgan fingerprint density at radius 1 is 1.06 bits per heavy atom. The van der Waals surface area contributed by atoms with Gasteiger partial charge in [-0.05, 0) is 22.3 Å². The molecule has 0 bridgehead atoms. The first-order valence-electron chi connectivity index (χ1n) is 9.44. The monoisotopic (exact) mass is 438 g/mol. The predicted molar refractivity (Wildman–Crippen MR) is 113 cm³/mol. The van der Waals surface area contributed by atoms with Gasteiger partial charge in [-0.15, -0.1) is 5.10 Å². The van der Waals surface area contributed by atoms with Gasteiger partial charge in [-0.3, -0.25) is 9.59 Å². The average Bonchev–Trinajstić information content (AvgIpc) is 3.37. The summed E-state index contributed by atoms with van der Waals surface area (Å²) in [7, 11) is 0. The second-order valence-electron chi connectivity index (χ2n) is 6.89. The first-order valence-corrected chi connectivity index (χ1v) is 10.2. The van der Waals surface area contributed by atoms with Crippen molar-refractivity contribution in [3.63, 3.8) is 0 Å². The molecule has 2 aromatic carbocycles. The lowest BCUT2D eigenvalue weighted by atomic mass is 9.98. The van der Waals surface area contributed by atoms with Gasteiger partial charge in [-0.2, -0.15) is 0 Å². The molecule has 31 heavy (non-hydrogen) atoms. The molecule has 10 heteroatoms. The van der Waals surface area contributed by atoms with Crippen LogP contribution in [0.5, 0.6) is 0 Å². The largest absolute Gasteiger partial charge is 0.481 e. The van der Waals surface area contributed by atoms with Gasteiger partial charge < -0.3 is 20.5 Å². The van der Waals surface area contributed by atoms with E-state index in [1.165, 1.54) is 6.20 Å². The number of benzene rings is 2. The molecule has 9 nitrogen and oxygen atoms in total. The Bertz CT molecular complexity index is 1070. The summed E-state index contributed by atoms with van der Waals surface area (Å²) in [4.78, 5) is 35.9. The highest BCUT2D eigenvalue weighted by Gasteiger charge is 2.30. The number of amides is 2. The third-order valence-corrected chi connectivity index (χ3v) is 5.52. The molecule has 1 heterocycles. The van der Waals surface area contributed by atoms with Crippen LogP contribution in [0.25, 0.3) is 11.1 Å². The van der Waals surface area contributed by atoms with Crippen LogP contribution in [0.1, 0.15) is 23.5 Å². The number of hydrogen-bond donors (Lipinski definition) is 3. The Labute approximate surface area is 181 Å².